The number of carbonyl (C=O) groups excluding carboxylic acids is 2. The first-order valence-corrected chi connectivity index (χ1v) is 14.4. The zero-order valence-corrected chi connectivity index (χ0v) is 24.8. The summed E-state index contributed by atoms with van der Waals surface area (Å²) in [5.41, 5.74) is 1.07. The van der Waals surface area contributed by atoms with Crippen LogP contribution in [0.1, 0.15) is 104 Å². The number of aliphatic hydroxyl groups is 1. The van der Waals surface area contributed by atoms with Gasteiger partial charge in [-0.15, -0.1) is 11.3 Å². The van der Waals surface area contributed by atoms with Crippen molar-refractivity contribution in [3.8, 4) is 0 Å². The van der Waals surface area contributed by atoms with Crippen molar-refractivity contribution >= 4 is 29.5 Å². The number of thiazole rings is 1. The summed E-state index contributed by atoms with van der Waals surface area (Å²) in [6.07, 6.45) is 10.9. The molecule has 0 radical (unpaired) electrons. The molecule has 5 unspecified atom stereocenters. The summed E-state index contributed by atoms with van der Waals surface area (Å²) in [5, 5.41) is 16.2. The molecule has 0 spiro atoms. The first-order valence-electron chi connectivity index (χ1n) is 13.5. The Morgan fingerprint density at radius 2 is 1.71 bits per heavy atom. The third-order valence-corrected chi connectivity index (χ3v) is 6.89. The largest absolute Gasteiger partial charge is 0.392 e. The van der Waals surface area contributed by atoms with Gasteiger partial charge in [0.1, 0.15) is 12.1 Å². The number of aliphatic hydroxyl groups excluding tert-OH is 1. The number of Topliss-reactive ketones (excluding diaryl/α,β-unsaturated/α-hetero) is 1. The Morgan fingerprint density at radius 1 is 1.11 bits per heavy atom. The number of hydrogen-bond donors (Lipinski definition) is 2. The molecule has 0 aliphatic heterocycles. The van der Waals surface area contributed by atoms with Crippen molar-refractivity contribution in [3.63, 3.8) is 0 Å². The molecule has 35 heavy (non-hydrogen) atoms. The molecule has 0 aliphatic rings. The molecule has 1 aromatic heterocycles. The molecule has 0 aliphatic carbocycles. The highest BCUT2D eigenvalue weighted by Gasteiger charge is 2.26. The molecule has 0 aromatic carbocycles. The van der Waals surface area contributed by atoms with Crippen LogP contribution in [0.2, 0.25) is 0 Å². The zero-order chi connectivity index (χ0) is 27.2. The van der Waals surface area contributed by atoms with Crippen LogP contribution >= 0.6 is 11.3 Å². The van der Waals surface area contributed by atoms with Crippen LogP contribution in [0.4, 0.5) is 0 Å². The maximum absolute atomic E-state index is 12.3. The van der Waals surface area contributed by atoms with Crippen LogP contribution in [-0.2, 0) is 9.59 Å². The number of nitrogens with zero attached hydrogens (tertiary/aromatic N) is 1. The van der Waals surface area contributed by atoms with Crippen LogP contribution in [0.25, 0.3) is 6.08 Å². The molecule has 5 nitrogen and oxygen atoms in total. The first-order chi connectivity index (χ1) is 16.7. The van der Waals surface area contributed by atoms with E-state index >= 15 is 0 Å². The Morgan fingerprint density at radius 3 is 2.23 bits per heavy atom. The molecule has 5 atom stereocenters. The van der Waals surface area contributed by atoms with Crippen LogP contribution < -0.4 is 5.32 Å². The highest BCUT2D eigenvalue weighted by Crippen LogP contribution is 2.24. The molecule has 0 amide bonds. The average Bonchev–Trinajstić information content (AvgIpc) is 3.25. The Labute approximate surface area is 220 Å². The molecule has 1 aromatic rings. The molecule has 0 fully saturated rings. The molecule has 0 bridgehead atoms. The van der Waals surface area contributed by atoms with Gasteiger partial charge in [-0.1, -0.05) is 66.9 Å². The van der Waals surface area contributed by atoms with E-state index in [1.807, 2.05) is 53.8 Å². The average molecular weight is 511 g/mol. The molecule has 1 rings (SSSR count). The van der Waals surface area contributed by atoms with Gasteiger partial charge in [0.15, 0.2) is 0 Å². The topological polar surface area (TPSA) is 79.3 Å². The van der Waals surface area contributed by atoms with Gasteiger partial charge in [-0.05, 0) is 64.6 Å². The number of rotatable bonds is 16. The van der Waals surface area contributed by atoms with Gasteiger partial charge in [0.2, 0.25) is 0 Å². The Hall–Kier alpha value is -1.37. The minimum Gasteiger partial charge on any atom is -0.392 e. The second-order valence-corrected chi connectivity index (χ2v) is 10.5. The van der Waals surface area contributed by atoms with E-state index in [0.717, 1.165) is 36.0 Å². The monoisotopic (exact) mass is 510 g/mol. The van der Waals surface area contributed by atoms with E-state index in [0.29, 0.717) is 12.2 Å². The number of allylic oxidation sites excluding steroid dienone is 1. The molecule has 0 saturated carbocycles. The van der Waals surface area contributed by atoms with Crippen LogP contribution in [0.3, 0.4) is 0 Å². The van der Waals surface area contributed by atoms with Crippen molar-refractivity contribution in [2.75, 3.05) is 13.6 Å². The lowest BCUT2D eigenvalue weighted by atomic mass is 9.83. The lowest BCUT2D eigenvalue weighted by Gasteiger charge is -2.22. The number of aromatic nitrogens is 1. The SMILES string of the molecule is C/C=C\c1csc(C)n1.CC.CNCCCC(C)CCCC(C)CC(C)C(=O)C(C)C(O)CC=O. The van der Waals surface area contributed by atoms with E-state index < -0.39 is 12.0 Å². The van der Waals surface area contributed by atoms with Gasteiger partial charge in [0.25, 0.3) is 0 Å². The molecular weight excluding hydrogens is 456 g/mol. The van der Waals surface area contributed by atoms with Gasteiger partial charge in [-0.3, -0.25) is 4.79 Å². The van der Waals surface area contributed by atoms with Crippen molar-refractivity contribution in [1.82, 2.24) is 10.3 Å². The summed E-state index contributed by atoms with van der Waals surface area (Å²) < 4.78 is 0. The minimum absolute atomic E-state index is 0.0423. The summed E-state index contributed by atoms with van der Waals surface area (Å²) in [7, 11) is 1.99. The third-order valence-electron chi connectivity index (χ3n) is 6.10. The van der Waals surface area contributed by atoms with Gasteiger partial charge in [0, 0.05) is 23.6 Å². The van der Waals surface area contributed by atoms with E-state index in [9.17, 15) is 14.7 Å². The molecule has 204 valence electrons. The number of ketones is 1. The Balaban J connectivity index is 0. The predicted octanol–water partition coefficient (Wildman–Crippen LogP) is 7.12. The van der Waals surface area contributed by atoms with Crippen LogP contribution in [0.5, 0.6) is 0 Å². The van der Waals surface area contributed by atoms with Gasteiger partial charge in [-0.2, -0.15) is 0 Å². The number of carbonyl (C=O) groups is 2. The van der Waals surface area contributed by atoms with Crippen LogP contribution in [0, 0.1) is 30.6 Å². The second-order valence-electron chi connectivity index (χ2n) is 9.48. The van der Waals surface area contributed by atoms with Crippen LogP contribution in [0.15, 0.2) is 11.5 Å². The van der Waals surface area contributed by atoms with E-state index in [1.54, 1.807) is 18.3 Å². The first kappa shape index (κ1) is 35.8. The number of aldehydes is 1. The summed E-state index contributed by atoms with van der Waals surface area (Å²) >= 11 is 1.68. The van der Waals surface area contributed by atoms with Crippen molar-refractivity contribution < 1.29 is 14.7 Å². The van der Waals surface area contributed by atoms with Crippen molar-refractivity contribution in [2.45, 2.75) is 106 Å². The standard InChI is InChI=1S/C20H39NO3.C7H9NS.C2H6/c1-15(10-7-12-21-5)8-6-9-16(2)14-17(3)20(24)18(4)19(23)11-13-22;1-3-4-7-5-9-6(2)8-7;1-2/h13,15-19,21,23H,6-12,14H2,1-5H3;3-5H,1-2H3;1-2H3/b;4-3-;. The van der Waals surface area contributed by atoms with Gasteiger partial charge in [-0.25, -0.2) is 4.98 Å². The molecule has 0 saturated heterocycles. The number of hydrogen-bond acceptors (Lipinski definition) is 6. The Bertz CT molecular complexity index is 675. The molecule has 2 N–H and O–H groups in total. The zero-order valence-electron chi connectivity index (χ0n) is 24.0. The summed E-state index contributed by atoms with van der Waals surface area (Å²) in [6, 6.07) is 0. The lowest BCUT2D eigenvalue weighted by Crippen LogP contribution is -2.30. The van der Waals surface area contributed by atoms with Gasteiger partial charge in [0.05, 0.1) is 16.8 Å². The maximum Gasteiger partial charge on any atom is 0.141 e. The van der Waals surface area contributed by atoms with E-state index in [4.69, 9.17) is 0 Å². The second kappa shape index (κ2) is 23.1. The highest BCUT2D eigenvalue weighted by molar-refractivity contribution is 7.09. The minimum atomic E-state index is -0.841. The maximum atomic E-state index is 12.3. The Kier molecular flexibility index (Phi) is 23.6. The quantitative estimate of drug-likeness (QED) is 0.183. The predicted molar refractivity (Wildman–Crippen MR) is 153 cm³/mol. The van der Waals surface area contributed by atoms with E-state index in [1.165, 1.54) is 25.7 Å². The summed E-state index contributed by atoms with van der Waals surface area (Å²) in [4.78, 5) is 27.0. The van der Waals surface area contributed by atoms with Gasteiger partial charge >= 0.3 is 0 Å². The number of nitrogens with one attached hydrogen (secondary N) is 1. The van der Waals surface area contributed by atoms with Gasteiger partial charge < -0.3 is 15.2 Å². The summed E-state index contributed by atoms with van der Waals surface area (Å²) in [5.74, 6) is 0.859. The number of aryl methyl sites for hydroxylation is 1. The smallest absolute Gasteiger partial charge is 0.141 e. The van der Waals surface area contributed by atoms with E-state index in [-0.39, 0.29) is 18.1 Å². The van der Waals surface area contributed by atoms with Crippen LogP contribution in [-0.4, -0.2) is 41.9 Å². The fourth-order valence-corrected chi connectivity index (χ4v) is 4.57. The van der Waals surface area contributed by atoms with Crippen molar-refractivity contribution in [2.24, 2.45) is 23.7 Å². The fourth-order valence-electron chi connectivity index (χ4n) is 3.99. The highest BCUT2D eigenvalue weighted by atomic mass is 32.1. The molecule has 1 heterocycles. The third kappa shape index (κ3) is 18.5. The van der Waals surface area contributed by atoms with Crippen molar-refractivity contribution in [1.29, 1.82) is 0 Å². The normalized spacial score (nSPS) is 15.1. The fraction of sp³-hybridized carbons (Fsp3) is 0.759. The lowest BCUT2D eigenvalue weighted by molar-refractivity contribution is -0.130. The molecular formula is C29H54N2O3S. The van der Waals surface area contributed by atoms with E-state index in [2.05, 4.69) is 29.5 Å². The molecule has 6 heteroatoms. The summed E-state index contributed by atoms with van der Waals surface area (Å²) in [6.45, 7) is 17.3. The van der Waals surface area contributed by atoms with Crippen molar-refractivity contribution in [3.05, 3.63) is 22.2 Å².